The molecule has 1 aliphatic rings. The monoisotopic (exact) mass is 393 g/mol. The summed E-state index contributed by atoms with van der Waals surface area (Å²) < 4.78 is 0. The van der Waals surface area contributed by atoms with E-state index in [2.05, 4.69) is 10.6 Å². The summed E-state index contributed by atoms with van der Waals surface area (Å²) in [6.07, 6.45) is 1.40. The van der Waals surface area contributed by atoms with Crippen LogP contribution >= 0.6 is 0 Å². The molecule has 0 spiro atoms. The highest BCUT2D eigenvalue weighted by Gasteiger charge is 2.26. The van der Waals surface area contributed by atoms with Crippen LogP contribution in [0.25, 0.3) is 0 Å². The molecule has 6 heteroatoms. The summed E-state index contributed by atoms with van der Waals surface area (Å²) in [5, 5.41) is 5.72. The fourth-order valence-corrected chi connectivity index (χ4v) is 3.44. The minimum atomic E-state index is -0.680. The molecule has 0 aromatic heterocycles. The zero-order valence-corrected chi connectivity index (χ0v) is 17.1. The Morgan fingerprint density at radius 3 is 2.48 bits per heavy atom. The van der Waals surface area contributed by atoms with E-state index in [1.54, 1.807) is 29.2 Å². The summed E-state index contributed by atoms with van der Waals surface area (Å²) in [6, 6.07) is 13.8. The van der Waals surface area contributed by atoms with Crippen molar-refractivity contribution in [2.24, 2.45) is 5.92 Å². The molecule has 6 nitrogen and oxygen atoms in total. The molecule has 1 atom stereocenters. The molecule has 1 aliphatic heterocycles. The number of benzene rings is 2. The molecular weight excluding hydrogens is 366 g/mol. The quantitative estimate of drug-likeness (QED) is 0.788. The maximum atomic E-state index is 12.9. The Morgan fingerprint density at radius 2 is 1.83 bits per heavy atom. The van der Waals surface area contributed by atoms with Gasteiger partial charge in [0, 0.05) is 29.9 Å². The number of hydrogen-bond donors (Lipinski definition) is 2. The van der Waals surface area contributed by atoms with Crippen molar-refractivity contribution in [1.29, 1.82) is 0 Å². The van der Waals surface area contributed by atoms with Crippen LogP contribution in [0, 0.1) is 12.8 Å². The number of hydrogen-bond acceptors (Lipinski definition) is 3. The highest BCUT2D eigenvalue weighted by molar-refractivity contribution is 6.02. The van der Waals surface area contributed by atoms with Gasteiger partial charge in [-0.05, 0) is 49.6 Å². The zero-order chi connectivity index (χ0) is 21.0. The van der Waals surface area contributed by atoms with Gasteiger partial charge in [-0.25, -0.2) is 0 Å². The van der Waals surface area contributed by atoms with E-state index >= 15 is 0 Å². The van der Waals surface area contributed by atoms with E-state index in [0.29, 0.717) is 24.2 Å². The van der Waals surface area contributed by atoms with Crippen LogP contribution in [0.4, 0.5) is 11.4 Å². The molecule has 0 aliphatic carbocycles. The SMILES string of the molecule is Cc1cccc(C(=O)NC(C(=O)Nc2cccc(N3CCCC3=O)c2)C(C)C)c1. The van der Waals surface area contributed by atoms with Gasteiger partial charge >= 0.3 is 0 Å². The maximum absolute atomic E-state index is 12.9. The summed E-state index contributed by atoms with van der Waals surface area (Å²) in [5.41, 5.74) is 2.88. The third-order valence-corrected chi connectivity index (χ3v) is 5.01. The topological polar surface area (TPSA) is 78.5 Å². The summed E-state index contributed by atoms with van der Waals surface area (Å²) in [4.78, 5) is 39.2. The van der Waals surface area contributed by atoms with Gasteiger partial charge < -0.3 is 15.5 Å². The van der Waals surface area contributed by atoms with Crippen molar-refractivity contribution in [2.45, 2.75) is 39.7 Å². The van der Waals surface area contributed by atoms with Crippen molar-refractivity contribution in [3.63, 3.8) is 0 Å². The van der Waals surface area contributed by atoms with Crippen LogP contribution in [0.15, 0.2) is 48.5 Å². The number of nitrogens with one attached hydrogen (secondary N) is 2. The van der Waals surface area contributed by atoms with Crippen molar-refractivity contribution < 1.29 is 14.4 Å². The Bertz CT molecular complexity index is 923. The molecular formula is C23H27N3O3. The number of rotatable bonds is 6. The summed E-state index contributed by atoms with van der Waals surface area (Å²) >= 11 is 0. The van der Waals surface area contributed by atoms with Crippen molar-refractivity contribution in [3.05, 3.63) is 59.7 Å². The van der Waals surface area contributed by atoms with Crippen LogP contribution in [0.2, 0.25) is 0 Å². The molecule has 3 rings (SSSR count). The smallest absolute Gasteiger partial charge is 0.251 e. The highest BCUT2D eigenvalue weighted by Crippen LogP contribution is 2.24. The molecule has 152 valence electrons. The zero-order valence-electron chi connectivity index (χ0n) is 17.1. The molecule has 0 saturated carbocycles. The van der Waals surface area contributed by atoms with Gasteiger partial charge in [-0.1, -0.05) is 37.6 Å². The Kier molecular flexibility index (Phi) is 6.32. The lowest BCUT2D eigenvalue weighted by molar-refractivity contribution is -0.119. The number of carbonyl (C=O) groups excluding carboxylic acids is 3. The first kappa shape index (κ1) is 20.6. The van der Waals surface area contributed by atoms with Crippen LogP contribution in [-0.2, 0) is 9.59 Å². The third-order valence-electron chi connectivity index (χ3n) is 5.01. The molecule has 1 heterocycles. The van der Waals surface area contributed by atoms with E-state index < -0.39 is 6.04 Å². The molecule has 0 radical (unpaired) electrons. The Morgan fingerprint density at radius 1 is 1.07 bits per heavy atom. The number of aryl methyl sites for hydroxylation is 1. The highest BCUT2D eigenvalue weighted by atomic mass is 16.2. The minimum Gasteiger partial charge on any atom is -0.340 e. The van der Waals surface area contributed by atoms with E-state index in [-0.39, 0.29) is 23.6 Å². The Balaban J connectivity index is 1.71. The molecule has 1 fully saturated rings. The standard InChI is InChI=1S/C23H27N3O3/c1-15(2)21(25-22(28)17-8-4-7-16(3)13-17)23(29)24-18-9-5-10-19(14-18)26-12-6-11-20(26)27/h4-5,7-10,13-15,21H,6,11-12H2,1-3H3,(H,24,29)(H,25,28). The van der Waals surface area contributed by atoms with E-state index in [4.69, 9.17) is 0 Å². The van der Waals surface area contributed by atoms with Crippen molar-refractivity contribution in [2.75, 3.05) is 16.8 Å². The van der Waals surface area contributed by atoms with Crippen LogP contribution < -0.4 is 15.5 Å². The van der Waals surface area contributed by atoms with Gasteiger partial charge in [0.15, 0.2) is 0 Å². The largest absolute Gasteiger partial charge is 0.340 e. The van der Waals surface area contributed by atoms with Gasteiger partial charge in [-0.2, -0.15) is 0 Å². The molecule has 2 N–H and O–H groups in total. The minimum absolute atomic E-state index is 0.0906. The first-order valence-electron chi connectivity index (χ1n) is 9.94. The first-order chi connectivity index (χ1) is 13.8. The van der Waals surface area contributed by atoms with Gasteiger partial charge in [-0.15, -0.1) is 0 Å². The molecule has 1 saturated heterocycles. The summed E-state index contributed by atoms with van der Waals surface area (Å²) in [5.74, 6) is -0.559. The average Bonchev–Trinajstić information content (AvgIpc) is 3.11. The van der Waals surface area contributed by atoms with Crippen molar-refractivity contribution >= 4 is 29.1 Å². The molecule has 2 aromatic carbocycles. The van der Waals surface area contributed by atoms with Gasteiger partial charge in [0.05, 0.1) is 0 Å². The third kappa shape index (κ3) is 5.02. The predicted octanol–water partition coefficient (Wildman–Crippen LogP) is 3.51. The Hall–Kier alpha value is -3.15. The van der Waals surface area contributed by atoms with Crippen LogP contribution in [-0.4, -0.2) is 30.3 Å². The van der Waals surface area contributed by atoms with Gasteiger partial charge in [0.2, 0.25) is 11.8 Å². The summed E-state index contributed by atoms with van der Waals surface area (Å²) in [7, 11) is 0. The molecule has 2 aromatic rings. The van der Waals surface area contributed by atoms with E-state index in [9.17, 15) is 14.4 Å². The molecule has 0 bridgehead atoms. The predicted molar refractivity (Wildman–Crippen MR) is 114 cm³/mol. The molecule has 3 amide bonds. The lowest BCUT2D eigenvalue weighted by Gasteiger charge is -2.22. The van der Waals surface area contributed by atoms with E-state index in [1.165, 1.54) is 0 Å². The molecule has 1 unspecified atom stereocenters. The van der Waals surface area contributed by atoms with Gasteiger partial charge in [0.1, 0.15) is 6.04 Å². The first-order valence-corrected chi connectivity index (χ1v) is 9.94. The maximum Gasteiger partial charge on any atom is 0.251 e. The number of anilines is 2. The second-order valence-corrected chi connectivity index (χ2v) is 7.75. The average molecular weight is 393 g/mol. The number of nitrogens with zero attached hydrogens (tertiary/aromatic N) is 1. The molecule has 29 heavy (non-hydrogen) atoms. The number of amides is 3. The second kappa shape index (κ2) is 8.90. The van der Waals surface area contributed by atoms with Crippen molar-refractivity contribution in [3.8, 4) is 0 Å². The normalized spacial score (nSPS) is 14.8. The van der Waals surface area contributed by atoms with Gasteiger partial charge in [0.25, 0.3) is 5.91 Å². The van der Waals surface area contributed by atoms with E-state index in [0.717, 1.165) is 17.7 Å². The van der Waals surface area contributed by atoms with Crippen LogP contribution in [0.3, 0.4) is 0 Å². The Labute approximate surface area is 171 Å². The summed E-state index contributed by atoms with van der Waals surface area (Å²) in [6.45, 7) is 6.39. The van der Waals surface area contributed by atoms with Crippen LogP contribution in [0.5, 0.6) is 0 Å². The van der Waals surface area contributed by atoms with Crippen LogP contribution in [0.1, 0.15) is 42.6 Å². The lowest BCUT2D eigenvalue weighted by Crippen LogP contribution is -2.47. The fourth-order valence-electron chi connectivity index (χ4n) is 3.44. The second-order valence-electron chi connectivity index (χ2n) is 7.75. The van der Waals surface area contributed by atoms with Gasteiger partial charge in [-0.3, -0.25) is 14.4 Å². The number of carbonyl (C=O) groups is 3. The van der Waals surface area contributed by atoms with E-state index in [1.807, 2.05) is 45.0 Å². The fraction of sp³-hybridized carbons (Fsp3) is 0.348. The van der Waals surface area contributed by atoms with Crippen molar-refractivity contribution in [1.82, 2.24) is 5.32 Å². The lowest BCUT2D eigenvalue weighted by atomic mass is 10.0.